The third-order valence-corrected chi connectivity index (χ3v) is 4.34. The summed E-state index contributed by atoms with van der Waals surface area (Å²) in [6, 6.07) is 12.1. The highest BCUT2D eigenvalue weighted by atomic mass is 32.1. The molecule has 0 bridgehead atoms. The molecule has 3 heterocycles. The van der Waals surface area contributed by atoms with Gasteiger partial charge in [-0.3, -0.25) is 9.97 Å². The van der Waals surface area contributed by atoms with Crippen LogP contribution in [0.15, 0.2) is 59.6 Å². The van der Waals surface area contributed by atoms with E-state index in [2.05, 4.69) is 32.9 Å². The van der Waals surface area contributed by atoms with Crippen molar-refractivity contribution in [3.8, 4) is 0 Å². The zero-order valence-corrected chi connectivity index (χ0v) is 11.1. The largest absolute Gasteiger partial charge is 0.253 e. The first-order valence-corrected chi connectivity index (χ1v) is 7.26. The number of thiophene rings is 2. The topological polar surface area (TPSA) is 25.8 Å². The average molecular weight is 270 g/mol. The molecule has 2 nitrogen and oxygen atoms in total. The van der Waals surface area contributed by atoms with Gasteiger partial charge in [0.1, 0.15) is 0 Å². The number of aromatic nitrogens is 2. The second-order valence-corrected chi connectivity index (χ2v) is 5.51. The molecular weight excluding hydrogens is 260 g/mol. The number of benzene rings is 1. The number of para-hydroxylation sites is 2. The summed E-state index contributed by atoms with van der Waals surface area (Å²) in [5.41, 5.74) is 1.90. The molecule has 1 aromatic carbocycles. The molecular formula is C14H10N2S2. The van der Waals surface area contributed by atoms with Crippen molar-refractivity contribution in [1.82, 2.24) is 9.97 Å². The van der Waals surface area contributed by atoms with Gasteiger partial charge in [-0.25, -0.2) is 0 Å². The Morgan fingerprint density at radius 2 is 1.17 bits per heavy atom. The van der Waals surface area contributed by atoms with E-state index in [1.165, 1.54) is 9.40 Å². The maximum absolute atomic E-state index is 4.12. The van der Waals surface area contributed by atoms with Gasteiger partial charge in [-0.05, 0) is 35.0 Å². The maximum atomic E-state index is 4.12. The highest BCUT2D eigenvalue weighted by Crippen LogP contribution is 2.25. The van der Waals surface area contributed by atoms with Crippen LogP contribution in [0.3, 0.4) is 0 Å². The van der Waals surface area contributed by atoms with E-state index in [4.69, 9.17) is 0 Å². The summed E-state index contributed by atoms with van der Waals surface area (Å²) in [5, 5.41) is 4.25. The molecule has 18 heavy (non-hydrogen) atoms. The van der Waals surface area contributed by atoms with E-state index in [1.54, 1.807) is 35.1 Å². The Bertz CT molecular complexity index is 642. The van der Waals surface area contributed by atoms with Gasteiger partial charge in [-0.2, -0.15) is 0 Å². The number of rotatable bonds is 0. The van der Waals surface area contributed by atoms with Gasteiger partial charge in [0.05, 0.1) is 11.0 Å². The number of fused-ring (bicyclic) bond motifs is 2. The Morgan fingerprint density at radius 3 is 1.67 bits per heavy atom. The lowest BCUT2D eigenvalue weighted by Crippen LogP contribution is -1.78. The van der Waals surface area contributed by atoms with Gasteiger partial charge >= 0.3 is 0 Å². The number of nitrogens with zero attached hydrogens (tertiary/aromatic N) is 2. The summed E-state index contributed by atoms with van der Waals surface area (Å²) in [5.74, 6) is 0. The predicted molar refractivity (Wildman–Crippen MR) is 79.2 cm³/mol. The summed E-state index contributed by atoms with van der Waals surface area (Å²) in [7, 11) is 0. The van der Waals surface area contributed by atoms with Crippen LogP contribution >= 0.6 is 22.7 Å². The van der Waals surface area contributed by atoms with E-state index < -0.39 is 0 Å². The minimum atomic E-state index is 0.949. The Hall–Kier alpha value is -1.78. The fraction of sp³-hybridized carbons (Fsp3) is 0. The molecule has 0 amide bonds. The van der Waals surface area contributed by atoms with Gasteiger partial charge in [0.25, 0.3) is 0 Å². The van der Waals surface area contributed by atoms with E-state index >= 15 is 0 Å². The minimum absolute atomic E-state index is 0.949. The molecule has 4 heteroatoms. The summed E-state index contributed by atoms with van der Waals surface area (Å²) >= 11 is 3.61. The monoisotopic (exact) mass is 270 g/mol. The molecule has 0 atom stereocenters. The molecule has 4 rings (SSSR count). The van der Waals surface area contributed by atoms with E-state index in [1.807, 2.05) is 24.3 Å². The lowest BCUT2D eigenvalue weighted by atomic mass is 10.3. The quantitative estimate of drug-likeness (QED) is 0.467. The third kappa shape index (κ3) is 2.39. The first-order valence-electron chi connectivity index (χ1n) is 5.50. The van der Waals surface area contributed by atoms with Crippen molar-refractivity contribution in [2.75, 3.05) is 0 Å². The second-order valence-electron chi connectivity index (χ2n) is 3.61. The van der Waals surface area contributed by atoms with E-state index in [-0.39, 0.29) is 0 Å². The fourth-order valence-corrected chi connectivity index (χ4v) is 3.43. The zero-order chi connectivity index (χ0) is 12.2. The first kappa shape index (κ1) is 11.3. The molecule has 0 saturated carbocycles. The fourth-order valence-electron chi connectivity index (χ4n) is 1.61. The van der Waals surface area contributed by atoms with Crippen LogP contribution < -0.4 is 0 Å². The van der Waals surface area contributed by atoms with E-state index in [0.29, 0.717) is 0 Å². The Morgan fingerprint density at radius 1 is 0.667 bits per heavy atom. The third-order valence-electron chi connectivity index (χ3n) is 2.45. The molecule has 0 spiro atoms. The lowest BCUT2D eigenvalue weighted by Gasteiger charge is -1.90. The van der Waals surface area contributed by atoms with Crippen molar-refractivity contribution < 1.29 is 0 Å². The van der Waals surface area contributed by atoms with Crippen molar-refractivity contribution in [2.24, 2.45) is 0 Å². The molecule has 0 radical (unpaired) electrons. The summed E-state index contributed by atoms with van der Waals surface area (Å²) in [4.78, 5) is 8.24. The molecule has 3 aromatic heterocycles. The Balaban J connectivity index is 0.000000114. The first-order chi connectivity index (χ1) is 8.93. The van der Waals surface area contributed by atoms with Crippen LogP contribution in [0.4, 0.5) is 0 Å². The van der Waals surface area contributed by atoms with Crippen LogP contribution in [-0.4, -0.2) is 9.97 Å². The molecule has 0 aliphatic heterocycles. The minimum Gasteiger partial charge on any atom is -0.253 e. The number of hydrogen-bond acceptors (Lipinski definition) is 4. The second kappa shape index (κ2) is 5.25. The molecule has 0 fully saturated rings. The van der Waals surface area contributed by atoms with Crippen LogP contribution in [0.25, 0.3) is 20.4 Å². The lowest BCUT2D eigenvalue weighted by molar-refractivity contribution is 1.29. The highest BCUT2D eigenvalue weighted by molar-refractivity contribution is 7.25. The molecule has 0 N–H and O–H groups in total. The predicted octanol–water partition coefficient (Wildman–Crippen LogP) is 4.59. The van der Waals surface area contributed by atoms with Gasteiger partial charge in [0.2, 0.25) is 0 Å². The maximum Gasteiger partial charge on any atom is 0.0886 e. The van der Waals surface area contributed by atoms with Crippen LogP contribution in [0.5, 0.6) is 0 Å². The molecule has 0 aliphatic carbocycles. The standard InChI is InChI=1S/C8H6N2.C6H4S2/c1-2-4-8-7(3-1)9-5-6-10-8;1-3-7-6-2-4-8-5(1)6/h1-6H;1-4H. The molecule has 4 aromatic rings. The smallest absolute Gasteiger partial charge is 0.0886 e. The van der Waals surface area contributed by atoms with Crippen LogP contribution in [0.1, 0.15) is 0 Å². The summed E-state index contributed by atoms with van der Waals surface area (Å²) in [6.07, 6.45) is 3.39. The van der Waals surface area contributed by atoms with Crippen LogP contribution in [0, 0.1) is 0 Å². The highest BCUT2D eigenvalue weighted by Gasteiger charge is 1.91. The molecule has 0 aliphatic rings. The van der Waals surface area contributed by atoms with Crippen molar-refractivity contribution >= 4 is 43.1 Å². The normalized spacial score (nSPS) is 10.2. The van der Waals surface area contributed by atoms with Gasteiger partial charge in [-0.1, -0.05) is 12.1 Å². The zero-order valence-electron chi connectivity index (χ0n) is 9.48. The van der Waals surface area contributed by atoms with Crippen molar-refractivity contribution in [3.63, 3.8) is 0 Å². The van der Waals surface area contributed by atoms with Gasteiger partial charge in [0, 0.05) is 21.8 Å². The molecule has 0 unspecified atom stereocenters. The van der Waals surface area contributed by atoms with Crippen molar-refractivity contribution in [1.29, 1.82) is 0 Å². The van der Waals surface area contributed by atoms with Crippen LogP contribution in [-0.2, 0) is 0 Å². The SMILES string of the molecule is c1cc2sccc2s1.c1ccc2nccnc2c1. The van der Waals surface area contributed by atoms with Gasteiger partial charge in [-0.15, -0.1) is 22.7 Å². The van der Waals surface area contributed by atoms with Crippen molar-refractivity contribution in [2.45, 2.75) is 0 Å². The Labute approximate surface area is 113 Å². The number of hydrogen-bond donors (Lipinski definition) is 0. The van der Waals surface area contributed by atoms with Gasteiger partial charge < -0.3 is 0 Å². The Kier molecular flexibility index (Phi) is 3.30. The van der Waals surface area contributed by atoms with E-state index in [9.17, 15) is 0 Å². The van der Waals surface area contributed by atoms with Crippen molar-refractivity contribution in [3.05, 3.63) is 59.6 Å². The summed E-state index contributed by atoms with van der Waals surface area (Å²) < 4.78 is 2.82. The molecule has 0 saturated heterocycles. The van der Waals surface area contributed by atoms with E-state index in [0.717, 1.165) is 11.0 Å². The summed E-state index contributed by atoms with van der Waals surface area (Å²) in [6.45, 7) is 0. The van der Waals surface area contributed by atoms with Gasteiger partial charge in [0.15, 0.2) is 0 Å². The molecule has 88 valence electrons. The average Bonchev–Trinajstić information content (AvgIpc) is 3.03. The van der Waals surface area contributed by atoms with Crippen LogP contribution in [0.2, 0.25) is 0 Å².